The van der Waals surface area contributed by atoms with E-state index in [1.165, 1.54) is 18.3 Å². The molecule has 1 aliphatic heterocycles. The summed E-state index contributed by atoms with van der Waals surface area (Å²) < 4.78 is 0. The van der Waals surface area contributed by atoms with Gasteiger partial charge in [0.05, 0.1) is 0 Å². The molecule has 4 rings (SSSR count). The van der Waals surface area contributed by atoms with Crippen molar-refractivity contribution in [3.05, 3.63) is 63.6 Å². The Bertz CT molecular complexity index is 1190. The zero-order valence-corrected chi connectivity index (χ0v) is 19.0. The zero-order valence-electron chi connectivity index (χ0n) is 17.4. The Kier molecular flexibility index (Phi) is 6.20. The molecule has 0 aliphatic carbocycles. The van der Waals surface area contributed by atoms with Crippen LogP contribution in [0.2, 0.25) is 5.02 Å². The van der Waals surface area contributed by atoms with E-state index in [0.29, 0.717) is 39.4 Å². The molecule has 164 valence electrons. The lowest BCUT2D eigenvalue weighted by atomic mass is 10.1. The highest BCUT2D eigenvalue weighted by Crippen LogP contribution is 2.35. The lowest BCUT2D eigenvalue weighted by Crippen LogP contribution is -2.24. The van der Waals surface area contributed by atoms with Gasteiger partial charge < -0.3 is 10.2 Å². The highest BCUT2D eigenvalue weighted by molar-refractivity contribution is 7.15. The Morgan fingerprint density at radius 2 is 1.88 bits per heavy atom. The molecule has 2 aromatic carbocycles. The Morgan fingerprint density at radius 1 is 1.12 bits per heavy atom. The van der Waals surface area contributed by atoms with Crippen LogP contribution in [-0.2, 0) is 9.59 Å². The molecule has 2 N–H and O–H groups in total. The number of carbonyl (C=O) groups excluding carboxylic acids is 3. The van der Waals surface area contributed by atoms with E-state index in [2.05, 4.69) is 20.8 Å². The molecule has 1 fully saturated rings. The fraction of sp³-hybridized carbons (Fsp3) is 0.227. The molecule has 2 heterocycles. The summed E-state index contributed by atoms with van der Waals surface area (Å²) in [4.78, 5) is 37.9. The summed E-state index contributed by atoms with van der Waals surface area (Å²) in [5.74, 6) is -0.629. The van der Waals surface area contributed by atoms with Gasteiger partial charge >= 0.3 is 0 Å². The molecule has 8 nitrogen and oxygen atoms in total. The molecule has 1 atom stereocenters. The second kappa shape index (κ2) is 9.05. The minimum absolute atomic E-state index is 0.00466. The van der Waals surface area contributed by atoms with Crippen molar-refractivity contribution < 1.29 is 14.4 Å². The van der Waals surface area contributed by atoms with Crippen molar-refractivity contribution in [3.63, 3.8) is 0 Å². The van der Waals surface area contributed by atoms with Gasteiger partial charge in [0, 0.05) is 47.8 Å². The molecule has 0 spiro atoms. The van der Waals surface area contributed by atoms with E-state index in [9.17, 15) is 14.4 Å². The van der Waals surface area contributed by atoms with Gasteiger partial charge in [-0.2, -0.15) is 0 Å². The van der Waals surface area contributed by atoms with Crippen molar-refractivity contribution in [3.8, 4) is 0 Å². The molecule has 3 amide bonds. The van der Waals surface area contributed by atoms with Crippen molar-refractivity contribution in [2.75, 3.05) is 22.1 Å². The van der Waals surface area contributed by atoms with Crippen LogP contribution in [0.15, 0.2) is 42.5 Å². The summed E-state index contributed by atoms with van der Waals surface area (Å²) in [6, 6.07) is 12.1. The number of amides is 3. The van der Waals surface area contributed by atoms with Crippen molar-refractivity contribution in [2.45, 2.75) is 26.2 Å². The van der Waals surface area contributed by atoms with E-state index in [-0.39, 0.29) is 23.6 Å². The fourth-order valence-corrected chi connectivity index (χ4v) is 4.40. The summed E-state index contributed by atoms with van der Waals surface area (Å²) in [5.41, 5.74) is 2.74. The summed E-state index contributed by atoms with van der Waals surface area (Å²) >= 11 is 7.46. The molecule has 3 aromatic rings. The van der Waals surface area contributed by atoms with Crippen LogP contribution in [0.3, 0.4) is 0 Å². The maximum absolute atomic E-state index is 12.6. The molecule has 0 saturated carbocycles. The first-order valence-electron chi connectivity index (χ1n) is 9.89. The second-order valence-electron chi connectivity index (χ2n) is 7.50. The van der Waals surface area contributed by atoms with Gasteiger partial charge in [0.2, 0.25) is 16.9 Å². The summed E-state index contributed by atoms with van der Waals surface area (Å²) in [6.07, 6.45) is 0.318. The average Bonchev–Trinajstić information content (AvgIpc) is 3.36. The molecular weight excluding hydrogens is 450 g/mol. The third kappa shape index (κ3) is 4.79. The number of carbonyl (C=O) groups is 3. The molecule has 1 unspecified atom stereocenters. The number of nitrogens with zero attached hydrogens (tertiary/aromatic N) is 3. The number of nitrogens with one attached hydrogen (secondary N) is 2. The van der Waals surface area contributed by atoms with Crippen LogP contribution < -0.4 is 15.5 Å². The van der Waals surface area contributed by atoms with Gasteiger partial charge in [0.1, 0.15) is 5.01 Å². The lowest BCUT2D eigenvalue weighted by Gasteiger charge is -2.17. The van der Waals surface area contributed by atoms with Crippen molar-refractivity contribution in [2.24, 2.45) is 0 Å². The predicted molar refractivity (Wildman–Crippen MR) is 125 cm³/mol. The van der Waals surface area contributed by atoms with Crippen LogP contribution >= 0.6 is 22.9 Å². The van der Waals surface area contributed by atoms with E-state index >= 15 is 0 Å². The second-order valence-corrected chi connectivity index (χ2v) is 8.91. The van der Waals surface area contributed by atoms with Crippen LogP contribution in [0, 0.1) is 6.92 Å². The summed E-state index contributed by atoms with van der Waals surface area (Å²) in [6.45, 7) is 3.81. The molecule has 1 aromatic heterocycles. The maximum Gasteiger partial charge on any atom is 0.257 e. The third-order valence-electron chi connectivity index (χ3n) is 5.07. The van der Waals surface area contributed by atoms with Crippen molar-refractivity contribution in [1.82, 2.24) is 10.2 Å². The lowest BCUT2D eigenvalue weighted by molar-refractivity contribution is -0.117. The topological polar surface area (TPSA) is 104 Å². The van der Waals surface area contributed by atoms with E-state index in [1.807, 2.05) is 19.1 Å². The number of halogens is 1. The van der Waals surface area contributed by atoms with Crippen LogP contribution in [-0.4, -0.2) is 34.5 Å². The van der Waals surface area contributed by atoms with Gasteiger partial charge in [-0.05, 0) is 48.9 Å². The average molecular weight is 470 g/mol. The van der Waals surface area contributed by atoms with Gasteiger partial charge in [-0.3, -0.25) is 19.7 Å². The molecule has 32 heavy (non-hydrogen) atoms. The van der Waals surface area contributed by atoms with Gasteiger partial charge in [0.25, 0.3) is 5.91 Å². The number of hydrogen-bond acceptors (Lipinski definition) is 6. The fourth-order valence-electron chi connectivity index (χ4n) is 3.40. The Morgan fingerprint density at radius 3 is 2.56 bits per heavy atom. The first-order chi connectivity index (χ1) is 15.3. The maximum atomic E-state index is 12.6. The van der Waals surface area contributed by atoms with E-state index in [0.717, 1.165) is 11.3 Å². The Labute approximate surface area is 193 Å². The molecule has 1 aliphatic rings. The SMILES string of the molecule is CC(=O)Nc1ccc(C(=O)Nc2nnc(C3CC(=O)N(c4ccc(C)c(Cl)c4)C3)s2)cc1. The number of anilines is 3. The van der Waals surface area contributed by atoms with Gasteiger partial charge in [-0.15, -0.1) is 10.2 Å². The standard InChI is InChI=1S/C22H20ClN5O3S/c1-12-3-8-17(10-18(12)23)28-11-15(9-19(28)30)21-26-27-22(32-21)25-20(31)14-4-6-16(7-5-14)24-13(2)29/h3-8,10,15H,9,11H2,1-2H3,(H,24,29)(H,25,27,31). The van der Waals surface area contributed by atoms with Crippen LogP contribution in [0.25, 0.3) is 0 Å². The minimum Gasteiger partial charge on any atom is -0.326 e. The first kappa shape index (κ1) is 21.9. The number of aryl methyl sites for hydroxylation is 1. The number of aromatic nitrogens is 2. The van der Waals surface area contributed by atoms with Crippen LogP contribution in [0.5, 0.6) is 0 Å². The Balaban J connectivity index is 1.41. The summed E-state index contributed by atoms with van der Waals surface area (Å²) in [5, 5.41) is 15.3. The predicted octanol–water partition coefficient (Wildman–Crippen LogP) is 4.23. The van der Waals surface area contributed by atoms with E-state index < -0.39 is 0 Å². The van der Waals surface area contributed by atoms with Gasteiger partial charge in [0.15, 0.2) is 0 Å². The largest absolute Gasteiger partial charge is 0.326 e. The van der Waals surface area contributed by atoms with Crippen LogP contribution in [0.1, 0.15) is 40.2 Å². The minimum atomic E-state index is -0.333. The molecular formula is C22H20ClN5O3S. The van der Waals surface area contributed by atoms with Gasteiger partial charge in [-0.1, -0.05) is 29.0 Å². The monoisotopic (exact) mass is 469 g/mol. The number of hydrogen-bond donors (Lipinski definition) is 2. The Hall–Kier alpha value is -3.30. The van der Waals surface area contributed by atoms with E-state index in [4.69, 9.17) is 11.6 Å². The smallest absolute Gasteiger partial charge is 0.257 e. The first-order valence-corrected chi connectivity index (χ1v) is 11.1. The third-order valence-corrected chi connectivity index (χ3v) is 6.48. The van der Waals surface area contributed by atoms with Gasteiger partial charge in [-0.25, -0.2) is 0 Å². The zero-order chi connectivity index (χ0) is 22.8. The molecule has 10 heteroatoms. The summed E-state index contributed by atoms with van der Waals surface area (Å²) in [7, 11) is 0. The van der Waals surface area contributed by atoms with E-state index in [1.54, 1.807) is 35.2 Å². The molecule has 0 bridgehead atoms. The van der Waals surface area contributed by atoms with Crippen LogP contribution in [0.4, 0.5) is 16.5 Å². The number of benzene rings is 2. The quantitative estimate of drug-likeness (QED) is 0.581. The molecule has 0 radical (unpaired) electrons. The number of rotatable bonds is 5. The normalized spacial score (nSPS) is 15.7. The molecule has 1 saturated heterocycles. The highest BCUT2D eigenvalue weighted by atomic mass is 35.5. The van der Waals surface area contributed by atoms with Crippen molar-refractivity contribution in [1.29, 1.82) is 0 Å². The van der Waals surface area contributed by atoms with Crippen molar-refractivity contribution >= 4 is 57.2 Å². The highest BCUT2D eigenvalue weighted by Gasteiger charge is 2.34.